The van der Waals surface area contributed by atoms with Gasteiger partial charge < -0.3 is 10.2 Å². The topological polar surface area (TPSA) is 84.7 Å². The molecule has 0 bridgehead atoms. The molecule has 22 heavy (non-hydrogen) atoms. The van der Waals surface area contributed by atoms with Gasteiger partial charge in [-0.1, -0.05) is 0 Å². The largest absolute Gasteiger partial charge is 0.354 e. The van der Waals surface area contributed by atoms with E-state index in [1.54, 1.807) is 6.20 Å². The van der Waals surface area contributed by atoms with Crippen LogP contribution in [0.15, 0.2) is 18.3 Å². The zero-order valence-electron chi connectivity index (χ0n) is 12.5. The monoisotopic (exact) mass is 300 g/mol. The van der Waals surface area contributed by atoms with Crippen LogP contribution in [0.5, 0.6) is 0 Å². The minimum atomic E-state index is 0.431. The lowest BCUT2D eigenvalue weighted by atomic mass is 10.1. The summed E-state index contributed by atoms with van der Waals surface area (Å²) in [6.07, 6.45) is 6.42. The Bertz CT molecular complexity index is 608. The summed E-state index contributed by atoms with van der Waals surface area (Å²) in [5.74, 6) is 1.90. The van der Waals surface area contributed by atoms with E-state index in [9.17, 15) is 0 Å². The van der Waals surface area contributed by atoms with Gasteiger partial charge in [-0.15, -0.1) is 10.2 Å². The molecule has 116 valence electrons. The molecule has 2 aliphatic rings. The summed E-state index contributed by atoms with van der Waals surface area (Å²) in [6.45, 7) is 2.71. The molecule has 1 aliphatic heterocycles. The minimum Gasteiger partial charge on any atom is -0.354 e. The van der Waals surface area contributed by atoms with E-state index in [4.69, 9.17) is 0 Å². The summed E-state index contributed by atoms with van der Waals surface area (Å²) in [4.78, 5) is 2.29. The highest BCUT2D eigenvalue weighted by Crippen LogP contribution is 2.34. The first-order valence-electron chi connectivity index (χ1n) is 7.93. The molecule has 0 aromatic carbocycles. The lowest BCUT2D eigenvalue weighted by Crippen LogP contribution is -2.46. The second kappa shape index (κ2) is 5.96. The van der Waals surface area contributed by atoms with Gasteiger partial charge in [0.15, 0.2) is 11.6 Å². The Morgan fingerprint density at radius 3 is 3.00 bits per heavy atom. The predicted octanol–water partition coefficient (Wildman–Crippen LogP) is 0.557. The number of piperidine rings is 1. The van der Waals surface area contributed by atoms with Gasteiger partial charge in [-0.2, -0.15) is 5.10 Å². The van der Waals surface area contributed by atoms with E-state index in [0.29, 0.717) is 12.1 Å². The van der Waals surface area contributed by atoms with Crippen LogP contribution in [0.1, 0.15) is 37.5 Å². The molecule has 4 rings (SSSR count). The van der Waals surface area contributed by atoms with Gasteiger partial charge in [0.25, 0.3) is 0 Å². The molecule has 1 atom stereocenters. The second-order valence-electron chi connectivity index (χ2n) is 6.02. The van der Waals surface area contributed by atoms with Crippen LogP contribution in [-0.4, -0.2) is 49.5 Å². The molecule has 1 aliphatic carbocycles. The average Bonchev–Trinajstić information content (AvgIpc) is 3.32. The zero-order valence-corrected chi connectivity index (χ0v) is 12.5. The molecule has 8 nitrogen and oxygen atoms in total. The van der Waals surface area contributed by atoms with E-state index in [1.165, 1.54) is 19.3 Å². The van der Waals surface area contributed by atoms with Crippen molar-refractivity contribution in [2.45, 2.75) is 44.3 Å². The van der Waals surface area contributed by atoms with Gasteiger partial charge in [-0.3, -0.25) is 0 Å². The lowest BCUT2D eigenvalue weighted by molar-refractivity contribution is 0.408. The number of nitrogens with one attached hydrogen (secondary N) is 1. The highest BCUT2D eigenvalue weighted by atomic mass is 15.6. The van der Waals surface area contributed by atoms with Crippen molar-refractivity contribution in [2.75, 3.05) is 18.0 Å². The molecule has 0 amide bonds. The molecule has 0 spiro atoms. The third kappa shape index (κ3) is 2.92. The standard InChI is InChI=1S/C14H20N8/c1-4-13(17-16-7-1)21-8-2-3-11(10-21)15-9-14-18-19-20-22(14)12-5-6-12/h1,4,7,11-12,15H,2-3,5-6,8-10H2. The van der Waals surface area contributed by atoms with Gasteiger partial charge in [-0.05, 0) is 48.2 Å². The Labute approximate surface area is 128 Å². The van der Waals surface area contributed by atoms with Gasteiger partial charge in [0.2, 0.25) is 0 Å². The van der Waals surface area contributed by atoms with Crippen LogP contribution >= 0.6 is 0 Å². The summed E-state index contributed by atoms with van der Waals surface area (Å²) in [5, 5.41) is 23.8. The fourth-order valence-corrected chi connectivity index (χ4v) is 2.98. The molecule has 1 N–H and O–H groups in total. The first-order valence-corrected chi connectivity index (χ1v) is 7.93. The second-order valence-corrected chi connectivity index (χ2v) is 6.02. The van der Waals surface area contributed by atoms with Crippen molar-refractivity contribution >= 4 is 5.82 Å². The third-order valence-corrected chi connectivity index (χ3v) is 4.31. The molecule has 3 heterocycles. The van der Waals surface area contributed by atoms with Crippen LogP contribution in [0, 0.1) is 0 Å². The first-order chi connectivity index (χ1) is 10.9. The number of hydrogen-bond donors (Lipinski definition) is 1. The minimum absolute atomic E-state index is 0.431. The number of hydrogen-bond acceptors (Lipinski definition) is 7. The van der Waals surface area contributed by atoms with E-state index in [-0.39, 0.29) is 0 Å². The molecule has 2 fully saturated rings. The number of tetrazole rings is 1. The van der Waals surface area contributed by atoms with Crippen LogP contribution in [0.3, 0.4) is 0 Å². The smallest absolute Gasteiger partial charge is 0.165 e. The first kappa shape index (κ1) is 13.6. The molecule has 1 unspecified atom stereocenters. The van der Waals surface area contributed by atoms with Crippen LogP contribution < -0.4 is 10.2 Å². The highest BCUT2D eigenvalue weighted by molar-refractivity contribution is 5.37. The molecule has 2 aromatic heterocycles. The lowest BCUT2D eigenvalue weighted by Gasteiger charge is -2.33. The van der Waals surface area contributed by atoms with Crippen molar-refractivity contribution in [1.29, 1.82) is 0 Å². The Balaban J connectivity index is 1.35. The van der Waals surface area contributed by atoms with Crippen molar-refractivity contribution in [3.63, 3.8) is 0 Å². The van der Waals surface area contributed by atoms with Crippen molar-refractivity contribution in [2.24, 2.45) is 0 Å². The Morgan fingerprint density at radius 1 is 1.23 bits per heavy atom. The number of aromatic nitrogens is 6. The van der Waals surface area contributed by atoms with Gasteiger partial charge in [-0.25, -0.2) is 4.68 Å². The molecule has 8 heteroatoms. The number of anilines is 1. The Hall–Kier alpha value is -2.09. The van der Waals surface area contributed by atoms with E-state index in [2.05, 4.69) is 35.9 Å². The SMILES string of the molecule is c1cnnc(N2CCCC(NCc3nnnn3C3CC3)C2)c1. The summed E-state index contributed by atoms with van der Waals surface area (Å²) < 4.78 is 1.97. The molecule has 0 radical (unpaired) electrons. The maximum Gasteiger partial charge on any atom is 0.165 e. The summed E-state index contributed by atoms with van der Waals surface area (Å²) in [7, 11) is 0. The van der Waals surface area contributed by atoms with Gasteiger partial charge in [0.05, 0.1) is 12.6 Å². The summed E-state index contributed by atoms with van der Waals surface area (Å²) in [6, 6.07) is 4.90. The van der Waals surface area contributed by atoms with E-state index < -0.39 is 0 Å². The van der Waals surface area contributed by atoms with Crippen molar-refractivity contribution in [3.8, 4) is 0 Å². The highest BCUT2D eigenvalue weighted by Gasteiger charge is 2.28. The fraction of sp³-hybridized carbons (Fsp3) is 0.643. The van der Waals surface area contributed by atoms with Crippen molar-refractivity contribution in [1.82, 2.24) is 35.7 Å². The van der Waals surface area contributed by atoms with Gasteiger partial charge >= 0.3 is 0 Å². The normalized spacial score (nSPS) is 22.0. The predicted molar refractivity (Wildman–Crippen MR) is 80.2 cm³/mol. The fourth-order valence-electron chi connectivity index (χ4n) is 2.98. The van der Waals surface area contributed by atoms with Crippen LogP contribution in [0.25, 0.3) is 0 Å². The van der Waals surface area contributed by atoms with Crippen LogP contribution in [-0.2, 0) is 6.54 Å². The van der Waals surface area contributed by atoms with Gasteiger partial charge in [0, 0.05) is 25.3 Å². The quantitative estimate of drug-likeness (QED) is 0.863. The molecular weight excluding hydrogens is 280 g/mol. The van der Waals surface area contributed by atoms with Crippen LogP contribution in [0.2, 0.25) is 0 Å². The van der Waals surface area contributed by atoms with E-state index >= 15 is 0 Å². The maximum atomic E-state index is 4.20. The molecule has 1 saturated heterocycles. The Kier molecular flexibility index (Phi) is 3.67. The maximum absolute atomic E-state index is 4.20. The van der Waals surface area contributed by atoms with Crippen molar-refractivity contribution < 1.29 is 0 Å². The third-order valence-electron chi connectivity index (χ3n) is 4.31. The van der Waals surface area contributed by atoms with Crippen molar-refractivity contribution in [3.05, 3.63) is 24.2 Å². The molecular formula is C14H20N8. The Morgan fingerprint density at radius 2 is 2.18 bits per heavy atom. The number of nitrogens with zero attached hydrogens (tertiary/aromatic N) is 7. The van der Waals surface area contributed by atoms with E-state index in [0.717, 1.165) is 37.7 Å². The van der Waals surface area contributed by atoms with Crippen LogP contribution in [0.4, 0.5) is 5.82 Å². The molecule has 2 aromatic rings. The van der Waals surface area contributed by atoms with E-state index in [1.807, 2.05) is 16.8 Å². The van der Waals surface area contributed by atoms with Gasteiger partial charge in [0.1, 0.15) is 0 Å². The summed E-state index contributed by atoms with van der Waals surface area (Å²) in [5.41, 5.74) is 0. The zero-order chi connectivity index (χ0) is 14.8. The molecule has 1 saturated carbocycles. The summed E-state index contributed by atoms with van der Waals surface area (Å²) >= 11 is 0. The average molecular weight is 300 g/mol. The number of rotatable bonds is 5.